The molecule has 2 fully saturated rings. The minimum Gasteiger partial charge on any atom is -0.480 e. The van der Waals surface area contributed by atoms with E-state index in [1.807, 2.05) is 0 Å². The van der Waals surface area contributed by atoms with Gasteiger partial charge in [0.05, 0.1) is 6.61 Å². The second-order valence-corrected chi connectivity index (χ2v) is 5.40. The van der Waals surface area contributed by atoms with Crippen molar-refractivity contribution in [3.8, 4) is 0 Å². The van der Waals surface area contributed by atoms with Gasteiger partial charge in [0.25, 0.3) is 0 Å². The summed E-state index contributed by atoms with van der Waals surface area (Å²) >= 11 is 0. The van der Waals surface area contributed by atoms with Crippen LogP contribution in [0.5, 0.6) is 0 Å². The number of hydrogen-bond acceptors (Lipinski definition) is 3. The van der Waals surface area contributed by atoms with Gasteiger partial charge in [0.15, 0.2) is 0 Å². The topological polar surface area (TPSA) is 49.8 Å². The molecule has 4 heteroatoms. The van der Waals surface area contributed by atoms with E-state index >= 15 is 0 Å². The molecular formula is C13H23NO3. The van der Waals surface area contributed by atoms with Crippen molar-refractivity contribution in [1.82, 2.24) is 4.90 Å². The Morgan fingerprint density at radius 1 is 1.35 bits per heavy atom. The molecule has 0 spiro atoms. The molecule has 1 saturated heterocycles. The Hall–Kier alpha value is -0.610. The number of likely N-dealkylation sites (tertiary alicyclic amines) is 1. The van der Waals surface area contributed by atoms with Crippen LogP contribution in [0.4, 0.5) is 0 Å². The zero-order valence-electron chi connectivity index (χ0n) is 10.6. The molecule has 1 heterocycles. The molecule has 17 heavy (non-hydrogen) atoms. The summed E-state index contributed by atoms with van der Waals surface area (Å²) < 4.78 is 5.03. The van der Waals surface area contributed by atoms with Gasteiger partial charge in [-0.3, -0.25) is 9.69 Å². The molecular weight excluding hydrogens is 218 g/mol. The minimum atomic E-state index is -0.749. The summed E-state index contributed by atoms with van der Waals surface area (Å²) in [5, 5.41) is 9.23. The molecule has 0 bridgehead atoms. The third kappa shape index (κ3) is 2.99. The normalized spacial score (nSPS) is 31.8. The molecule has 0 aromatic rings. The minimum absolute atomic E-state index is 0.298. The molecule has 98 valence electrons. The van der Waals surface area contributed by atoms with E-state index < -0.39 is 12.0 Å². The molecule has 1 N–H and O–H groups in total. The molecule has 0 aromatic carbocycles. The van der Waals surface area contributed by atoms with Crippen LogP contribution >= 0.6 is 0 Å². The third-order valence-electron chi connectivity index (χ3n) is 4.37. The molecule has 3 unspecified atom stereocenters. The summed E-state index contributed by atoms with van der Waals surface area (Å²) in [6.07, 6.45) is 6.47. The van der Waals surface area contributed by atoms with Gasteiger partial charge in [-0.15, -0.1) is 0 Å². The lowest BCUT2D eigenvalue weighted by atomic mass is 9.75. The third-order valence-corrected chi connectivity index (χ3v) is 4.37. The summed E-state index contributed by atoms with van der Waals surface area (Å²) in [6, 6.07) is -0.456. The lowest BCUT2D eigenvalue weighted by Crippen LogP contribution is -2.51. The van der Waals surface area contributed by atoms with Gasteiger partial charge in [-0.1, -0.05) is 19.3 Å². The number of fused-ring (bicyclic) bond motifs is 1. The van der Waals surface area contributed by atoms with Crippen molar-refractivity contribution < 1.29 is 14.6 Å². The van der Waals surface area contributed by atoms with Crippen molar-refractivity contribution in [2.24, 2.45) is 11.8 Å². The number of carboxylic acids is 1. The Morgan fingerprint density at radius 3 is 2.71 bits per heavy atom. The van der Waals surface area contributed by atoms with E-state index in [0.717, 1.165) is 31.3 Å². The number of nitrogens with zero attached hydrogens (tertiary/aromatic N) is 1. The first-order chi connectivity index (χ1) is 8.22. The summed E-state index contributed by atoms with van der Waals surface area (Å²) in [7, 11) is 1.57. The number of carboxylic acid groups (broad SMARTS) is 1. The maximum Gasteiger partial charge on any atom is 0.323 e. The molecule has 3 atom stereocenters. The number of methoxy groups -OCH3 is 1. The average Bonchev–Trinajstić information content (AvgIpc) is 2.35. The summed E-state index contributed by atoms with van der Waals surface area (Å²) in [4.78, 5) is 13.3. The largest absolute Gasteiger partial charge is 0.480 e. The first kappa shape index (κ1) is 12.8. The monoisotopic (exact) mass is 241 g/mol. The Kier molecular flexibility index (Phi) is 4.40. The van der Waals surface area contributed by atoms with E-state index in [9.17, 15) is 9.90 Å². The standard InChI is InChI=1S/C13H23NO3/c1-17-9-12(13(15)16)14-7-6-10-4-2-3-5-11(10)8-14/h10-12H,2-9H2,1H3,(H,15,16). The van der Waals surface area contributed by atoms with Gasteiger partial charge in [0, 0.05) is 13.7 Å². The highest BCUT2D eigenvalue weighted by Gasteiger charge is 2.35. The molecule has 1 saturated carbocycles. The number of piperidine rings is 1. The lowest BCUT2D eigenvalue weighted by molar-refractivity contribution is -0.147. The van der Waals surface area contributed by atoms with Crippen LogP contribution in [0.15, 0.2) is 0 Å². The second kappa shape index (κ2) is 5.83. The SMILES string of the molecule is COCC(C(=O)O)N1CCC2CCCCC2C1. The van der Waals surface area contributed by atoms with Crippen LogP contribution in [0.25, 0.3) is 0 Å². The fourth-order valence-corrected chi connectivity index (χ4v) is 3.40. The molecule has 2 aliphatic rings. The molecule has 0 amide bonds. The van der Waals surface area contributed by atoms with E-state index in [-0.39, 0.29) is 0 Å². The van der Waals surface area contributed by atoms with Gasteiger partial charge >= 0.3 is 5.97 Å². The summed E-state index contributed by atoms with van der Waals surface area (Å²) in [5.74, 6) is 0.814. The summed E-state index contributed by atoms with van der Waals surface area (Å²) in [5.41, 5.74) is 0. The van der Waals surface area contributed by atoms with Crippen molar-refractivity contribution in [3.05, 3.63) is 0 Å². The lowest BCUT2D eigenvalue weighted by Gasteiger charge is -2.43. The maximum atomic E-state index is 11.2. The fourth-order valence-electron chi connectivity index (χ4n) is 3.40. The highest BCUT2D eigenvalue weighted by atomic mass is 16.5. The van der Waals surface area contributed by atoms with Crippen LogP contribution in [0, 0.1) is 11.8 Å². The van der Waals surface area contributed by atoms with Crippen molar-refractivity contribution in [3.63, 3.8) is 0 Å². The van der Waals surface area contributed by atoms with Gasteiger partial charge < -0.3 is 9.84 Å². The van der Waals surface area contributed by atoms with Crippen molar-refractivity contribution in [1.29, 1.82) is 0 Å². The molecule has 4 nitrogen and oxygen atoms in total. The summed E-state index contributed by atoms with van der Waals surface area (Å²) in [6.45, 7) is 2.17. The zero-order valence-corrected chi connectivity index (χ0v) is 10.6. The van der Waals surface area contributed by atoms with Crippen LogP contribution in [-0.4, -0.2) is 48.8 Å². The van der Waals surface area contributed by atoms with Crippen molar-refractivity contribution in [2.75, 3.05) is 26.8 Å². The molecule has 0 radical (unpaired) electrons. The number of aliphatic carboxylic acids is 1. The first-order valence-corrected chi connectivity index (χ1v) is 6.68. The average molecular weight is 241 g/mol. The van der Waals surface area contributed by atoms with Gasteiger partial charge in [-0.05, 0) is 31.2 Å². The molecule has 1 aliphatic heterocycles. The van der Waals surface area contributed by atoms with E-state index in [1.165, 1.54) is 25.7 Å². The molecule has 0 aromatic heterocycles. The van der Waals surface area contributed by atoms with Crippen LogP contribution < -0.4 is 0 Å². The van der Waals surface area contributed by atoms with Crippen molar-refractivity contribution >= 4 is 5.97 Å². The Morgan fingerprint density at radius 2 is 2.06 bits per heavy atom. The number of ether oxygens (including phenoxy) is 1. The predicted molar refractivity (Wildman–Crippen MR) is 64.9 cm³/mol. The molecule has 2 rings (SSSR count). The quantitative estimate of drug-likeness (QED) is 0.812. The van der Waals surface area contributed by atoms with E-state index in [1.54, 1.807) is 7.11 Å². The molecule has 1 aliphatic carbocycles. The van der Waals surface area contributed by atoms with Gasteiger partial charge in [-0.25, -0.2) is 0 Å². The van der Waals surface area contributed by atoms with Gasteiger partial charge in [0.2, 0.25) is 0 Å². The number of rotatable bonds is 4. The predicted octanol–water partition coefficient (Wildman–Crippen LogP) is 1.60. The van der Waals surface area contributed by atoms with Crippen LogP contribution in [-0.2, 0) is 9.53 Å². The Balaban J connectivity index is 1.95. The fraction of sp³-hybridized carbons (Fsp3) is 0.923. The highest BCUT2D eigenvalue weighted by molar-refractivity contribution is 5.73. The van der Waals surface area contributed by atoms with E-state index in [0.29, 0.717) is 6.61 Å². The second-order valence-electron chi connectivity index (χ2n) is 5.40. The maximum absolute atomic E-state index is 11.2. The van der Waals surface area contributed by atoms with Gasteiger partial charge in [-0.2, -0.15) is 0 Å². The van der Waals surface area contributed by atoms with Gasteiger partial charge in [0.1, 0.15) is 6.04 Å². The van der Waals surface area contributed by atoms with Crippen molar-refractivity contribution in [2.45, 2.75) is 38.1 Å². The van der Waals surface area contributed by atoms with Crippen LogP contribution in [0.2, 0.25) is 0 Å². The highest BCUT2D eigenvalue weighted by Crippen LogP contribution is 2.36. The number of hydrogen-bond donors (Lipinski definition) is 1. The van der Waals surface area contributed by atoms with E-state index in [2.05, 4.69) is 4.90 Å². The van der Waals surface area contributed by atoms with Crippen LogP contribution in [0.1, 0.15) is 32.1 Å². The first-order valence-electron chi connectivity index (χ1n) is 6.68. The zero-order chi connectivity index (χ0) is 12.3. The number of carbonyl (C=O) groups is 1. The Bertz CT molecular complexity index is 269. The van der Waals surface area contributed by atoms with E-state index in [4.69, 9.17) is 4.74 Å². The smallest absolute Gasteiger partial charge is 0.323 e. The van der Waals surface area contributed by atoms with Crippen LogP contribution in [0.3, 0.4) is 0 Å². The Labute approximate surface area is 103 Å².